The first-order valence-electron chi connectivity index (χ1n) is 5.15. The number of hydrogen-bond donors (Lipinski definition) is 0. The second kappa shape index (κ2) is 4.32. The standard InChI is InChI=1S/C11H10N2O4/c1-2-17-11(14)10-5-7-3-4-8(13(15)16)6-9(7)12-10/h4-6H,2-3H2,1H3. The first-order chi connectivity index (χ1) is 8.11. The number of ether oxygens (including phenoxy) is 1. The fourth-order valence-corrected chi connectivity index (χ4v) is 1.61. The molecule has 6 heteroatoms. The van der Waals surface area contributed by atoms with Crippen LogP contribution in [0.15, 0.2) is 40.2 Å². The number of allylic oxidation sites excluding steroid dienone is 3. The minimum atomic E-state index is -0.502. The number of carbonyl (C=O) groups is 1. The van der Waals surface area contributed by atoms with Crippen molar-refractivity contribution in [2.24, 2.45) is 4.99 Å². The lowest BCUT2D eigenvalue weighted by Crippen LogP contribution is -2.13. The number of hydrogen-bond acceptors (Lipinski definition) is 5. The summed E-state index contributed by atoms with van der Waals surface area (Å²) in [6.07, 6.45) is 4.88. The van der Waals surface area contributed by atoms with Gasteiger partial charge in [-0.1, -0.05) is 0 Å². The van der Waals surface area contributed by atoms with Crippen molar-refractivity contribution >= 4 is 11.7 Å². The van der Waals surface area contributed by atoms with Gasteiger partial charge < -0.3 is 4.74 Å². The predicted octanol–water partition coefficient (Wildman–Crippen LogP) is 1.38. The summed E-state index contributed by atoms with van der Waals surface area (Å²) < 4.78 is 4.81. The van der Waals surface area contributed by atoms with Crippen molar-refractivity contribution in [3.63, 3.8) is 0 Å². The molecule has 0 unspecified atom stereocenters. The van der Waals surface area contributed by atoms with E-state index in [0.717, 1.165) is 5.57 Å². The second-order valence-electron chi connectivity index (χ2n) is 3.51. The van der Waals surface area contributed by atoms with Gasteiger partial charge in [-0.15, -0.1) is 0 Å². The van der Waals surface area contributed by atoms with E-state index in [4.69, 9.17) is 4.74 Å². The van der Waals surface area contributed by atoms with Gasteiger partial charge in [-0.05, 0) is 31.1 Å². The topological polar surface area (TPSA) is 81.8 Å². The zero-order valence-corrected chi connectivity index (χ0v) is 9.17. The molecule has 17 heavy (non-hydrogen) atoms. The molecule has 0 aromatic carbocycles. The van der Waals surface area contributed by atoms with Crippen LogP contribution in [0.1, 0.15) is 13.3 Å². The van der Waals surface area contributed by atoms with Crippen LogP contribution in [-0.4, -0.2) is 23.2 Å². The van der Waals surface area contributed by atoms with E-state index in [0.29, 0.717) is 12.1 Å². The molecule has 0 radical (unpaired) electrons. The molecule has 2 aliphatic rings. The third kappa shape index (κ3) is 2.15. The summed E-state index contributed by atoms with van der Waals surface area (Å²) in [7, 11) is 0. The molecule has 0 N–H and O–H groups in total. The third-order valence-electron chi connectivity index (χ3n) is 2.39. The molecule has 0 saturated carbocycles. The smallest absolute Gasteiger partial charge is 0.356 e. The van der Waals surface area contributed by atoms with Gasteiger partial charge in [0.2, 0.25) is 0 Å². The van der Waals surface area contributed by atoms with E-state index < -0.39 is 10.9 Å². The van der Waals surface area contributed by atoms with E-state index in [1.807, 2.05) is 0 Å². The fourth-order valence-electron chi connectivity index (χ4n) is 1.61. The van der Waals surface area contributed by atoms with Gasteiger partial charge in [0.15, 0.2) is 0 Å². The number of aliphatic imine (C=N–C) groups is 1. The molecule has 88 valence electrons. The Bertz CT molecular complexity index is 512. The fraction of sp³-hybridized carbons (Fsp3) is 0.273. The molecule has 0 amide bonds. The molecule has 0 spiro atoms. The molecule has 0 atom stereocenters. The lowest BCUT2D eigenvalue weighted by Gasteiger charge is -2.04. The Labute approximate surface area is 97.1 Å². The highest BCUT2D eigenvalue weighted by Gasteiger charge is 2.25. The predicted molar refractivity (Wildman–Crippen MR) is 59.9 cm³/mol. The van der Waals surface area contributed by atoms with Gasteiger partial charge >= 0.3 is 5.97 Å². The monoisotopic (exact) mass is 234 g/mol. The first kappa shape index (κ1) is 11.3. The van der Waals surface area contributed by atoms with Crippen molar-refractivity contribution in [3.05, 3.63) is 45.3 Å². The molecular weight excluding hydrogens is 224 g/mol. The third-order valence-corrected chi connectivity index (χ3v) is 2.39. The molecule has 1 aliphatic heterocycles. The average molecular weight is 234 g/mol. The van der Waals surface area contributed by atoms with Crippen molar-refractivity contribution < 1.29 is 14.5 Å². The van der Waals surface area contributed by atoms with Gasteiger partial charge in [0.1, 0.15) is 5.71 Å². The number of nitrogens with zero attached hydrogens (tertiary/aromatic N) is 2. The molecule has 1 aliphatic carbocycles. The maximum atomic E-state index is 11.4. The maximum absolute atomic E-state index is 11.4. The summed E-state index contributed by atoms with van der Waals surface area (Å²) in [6.45, 7) is 1.98. The molecule has 0 bridgehead atoms. The lowest BCUT2D eigenvalue weighted by molar-refractivity contribution is -0.419. The Balaban J connectivity index is 2.23. The number of esters is 1. The van der Waals surface area contributed by atoms with Crippen LogP contribution in [-0.2, 0) is 9.53 Å². The van der Waals surface area contributed by atoms with Gasteiger partial charge in [-0.2, -0.15) is 0 Å². The first-order valence-corrected chi connectivity index (χ1v) is 5.15. The van der Waals surface area contributed by atoms with Crippen LogP contribution in [0.2, 0.25) is 0 Å². The Morgan fingerprint density at radius 1 is 1.59 bits per heavy atom. The highest BCUT2D eigenvalue weighted by atomic mass is 16.6. The molecule has 0 fully saturated rings. The minimum Gasteiger partial charge on any atom is -0.461 e. The minimum absolute atomic E-state index is 0.00556. The Hall–Kier alpha value is -2.24. The Kier molecular flexibility index (Phi) is 2.86. The van der Waals surface area contributed by atoms with E-state index in [2.05, 4.69) is 4.99 Å². The van der Waals surface area contributed by atoms with Crippen LogP contribution in [0.5, 0.6) is 0 Å². The van der Waals surface area contributed by atoms with Crippen molar-refractivity contribution in [1.82, 2.24) is 0 Å². The summed E-state index contributed by atoms with van der Waals surface area (Å²) >= 11 is 0. The zero-order chi connectivity index (χ0) is 12.4. The van der Waals surface area contributed by atoms with Crippen LogP contribution >= 0.6 is 0 Å². The number of carbonyl (C=O) groups excluding carboxylic acids is 1. The average Bonchev–Trinajstić information content (AvgIpc) is 2.71. The summed E-state index contributed by atoms with van der Waals surface area (Å²) in [4.78, 5) is 25.6. The molecule has 0 saturated heterocycles. The van der Waals surface area contributed by atoms with Crippen molar-refractivity contribution in [3.8, 4) is 0 Å². The summed E-state index contributed by atoms with van der Waals surface area (Å²) in [5.41, 5.74) is 1.48. The van der Waals surface area contributed by atoms with Crippen LogP contribution < -0.4 is 0 Å². The van der Waals surface area contributed by atoms with Crippen LogP contribution in [0.4, 0.5) is 0 Å². The van der Waals surface area contributed by atoms with Crippen LogP contribution in [0.25, 0.3) is 0 Å². The number of nitro groups is 1. The molecule has 1 heterocycles. The zero-order valence-electron chi connectivity index (χ0n) is 9.17. The number of rotatable bonds is 3. The van der Waals surface area contributed by atoms with E-state index in [1.54, 1.807) is 13.0 Å². The van der Waals surface area contributed by atoms with E-state index in [9.17, 15) is 14.9 Å². The highest BCUT2D eigenvalue weighted by Crippen LogP contribution is 2.28. The van der Waals surface area contributed by atoms with Crippen molar-refractivity contribution in [1.29, 1.82) is 0 Å². The van der Waals surface area contributed by atoms with E-state index in [-0.39, 0.29) is 18.0 Å². The van der Waals surface area contributed by atoms with Crippen LogP contribution in [0.3, 0.4) is 0 Å². The largest absolute Gasteiger partial charge is 0.461 e. The summed E-state index contributed by atoms with van der Waals surface area (Å²) in [6, 6.07) is 0. The highest BCUT2D eigenvalue weighted by molar-refractivity contribution is 6.42. The van der Waals surface area contributed by atoms with Gasteiger partial charge in [-0.25, -0.2) is 9.79 Å². The van der Waals surface area contributed by atoms with Crippen LogP contribution in [0, 0.1) is 10.1 Å². The van der Waals surface area contributed by atoms with Gasteiger partial charge in [0.05, 0.1) is 17.2 Å². The van der Waals surface area contributed by atoms with Crippen molar-refractivity contribution in [2.75, 3.05) is 6.61 Å². The van der Waals surface area contributed by atoms with E-state index in [1.165, 1.54) is 12.2 Å². The van der Waals surface area contributed by atoms with Gasteiger partial charge in [-0.3, -0.25) is 10.1 Å². The number of fused-ring (bicyclic) bond motifs is 1. The second-order valence-corrected chi connectivity index (χ2v) is 3.51. The van der Waals surface area contributed by atoms with E-state index >= 15 is 0 Å². The Morgan fingerprint density at radius 3 is 3.00 bits per heavy atom. The quantitative estimate of drug-likeness (QED) is 0.419. The van der Waals surface area contributed by atoms with Gasteiger partial charge in [0.25, 0.3) is 5.70 Å². The SMILES string of the molecule is CCOC(=O)C1=NC2=CC([N+](=O)[O-])=CCC2=C1. The molecule has 6 nitrogen and oxygen atoms in total. The lowest BCUT2D eigenvalue weighted by atomic mass is 10.0. The molecular formula is C11H10N2O4. The summed E-state index contributed by atoms with van der Waals surface area (Å²) in [5, 5.41) is 10.6. The van der Waals surface area contributed by atoms with Gasteiger partial charge in [0, 0.05) is 6.08 Å². The summed E-state index contributed by atoms with van der Waals surface area (Å²) in [5.74, 6) is -0.502. The molecule has 0 aromatic rings. The molecule has 0 aromatic heterocycles. The Morgan fingerprint density at radius 2 is 2.35 bits per heavy atom. The normalized spacial score (nSPS) is 17.5. The maximum Gasteiger partial charge on any atom is 0.356 e. The molecule has 2 rings (SSSR count). The van der Waals surface area contributed by atoms with Crippen molar-refractivity contribution in [2.45, 2.75) is 13.3 Å².